The zero-order chi connectivity index (χ0) is 11.2. The van der Waals surface area contributed by atoms with Crippen LogP contribution in [0.4, 0.5) is 0 Å². The molecular weight excluding hydrogens is 204 g/mol. The Kier molecular flexibility index (Phi) is 4.30. The summed E-state index contributed by atoms with van der Waals surface area (Å²) in [5.41, 5.74) is 0. The maximum atomic E-state index is 4.99. The Morgan fingerprint density at radius 3 is 3.06 bits per heavy atom. The van der Waals surface area contributed by atoms with Gasteiger partial charge in [-0.1, -0.05) is 12.8 Å². The number of nitrogens with zero attached hydrogens (tertiary/aromatic N) is 3. The summed E-state index contributed by atoms with van der Waals surface area (Å²) in [7, 11) is 1.71. The van der Waals surface area contributed by atoms with E-state index in [2.05, 4.69) is 20.1 Å². The lowest BCUT2D eigenvalue weighted by Gasteiger charge is -2.12. The average Bonchev–Trinajstić information content (AvgIpc) is 2.94. The number of rotatable bonds is 6. The van der Waals surface area contributed by atoms with Gasteiger partial charge >= 0.3 is 0 Å². The molecule has 1 aromatic heterocycles. The van der Waals surface area contributed by atoms with E-state index in [-0.39, 0.29) is 0 Å². The summed E-state index contributed by atoms with van der Waals surface area (Å²) in [5.74, 6) is 1.04. The van der Waals surface area contributed by atoms with Gasteiger partial charge in [-0.3, -0.25) is 0 Å². The molecule has 1 fully saturated rings. The number of hydrogen-bond donors (Lipinski definition) is 1. The number of methoxy groups -OCH3 is 1. The maximum Gasteiger partial charge on any atom is 0.141 e. The lowest BCUT2D eigenvalue weighted by Crippen LogP contribution is -2.22. The Balaban J connectivity index is 1.86. The zero-order valence-corrected chi connectivity index (χ0v) is 9.85. The highest BCUT2D eigenvalue weighted by molar-refractivity contribution is 4.88. The minimum Gasteiger partial charge on any atom is -0.383 e. The zero-order valence-electron chi connectivity index (χ0n) is 9.85. The van der Waals surface area contributed by atoms with Gasteiger partial charge < -0.3 is 10.1 Å². The molecule has 0 aromatic carbocycles. The summed E-state index contributed by atoms with van der Waals surface area (Å²) < 4.78 is 7.08. The molecule has 16 heavy (non-hydrogen) atoms. The second-order valence-electron chi connectivity index (χ2n) is 4.23. The van der Waals surface area contributed by atoms with E-state index >= 15 is 0 Å². The molecule has 1 aromatic rings. The fraction of sp³-hybridized carbons (Fsp3) is 0.818. The van der Waals surface area contributed by atoms with Crippen LogP contribution in [0.25, 0.3) is 0 Å². The second kappa shape index (κ2) is 5.96. The predicted molar refractivity (Wildman–Crippen MR) is 61.1 cm³/mol. The first-order chi connectivity index (χ1) is 7.92. The molecule has 0 aliphatic heterocycles. The predicted octanol–water partition coefficient (Wildman–Crippen LogP) is 1.13. The van der Waals surface area contributed by atoms with Crippen LogP contribution in [0.2, 0.25) is 0 Å². The van der Waals surface area contributed by atoms with E-state index in [1.54, 1.807) is 13.4 Å². The van der Waals surface area contributed by atoms with Crippen LogP contribution >= 0.6 is 0 Å². The van der Waals surface area contributed by atoms with Crippen LogP contribution in [0, 0.1) is 0 Å². The second-order valence-corrected chi connectivity index (χ2v) is 4.23. The van der Waals surface area contributed by atoms with Gasteiger partial charge in [-0.05, 0) is 12.8 Å². The molecule has 1 saturated carbocycles. The van der Waals surface area contributed by atoms with Gasteiger partial charge in [0, 0.05) is 13.7 Å². The summed E-state index contributed by atoms with van der Waals surface area (Å²) in [4.78, 5) is 4.31. The number of aromatic nitrogens is 3. The van der Waals surface area contributed by atoms with Gasteiger partial charge in [-0.25, -0.2) is 9.67 Å². The maximum absolute atomic E-state index is 4.99. The smallest absolute Gasteiger partial charge is 0.141 e. The standard InChI is InChI=1S/C11H20N4O/c1-16-7-6-12-8-11-13-9-14-15(11)10-4-2-3-5-10/h9-10,12H,2-8H2,1H3. The lowest BCUT2D eigenvalue weighted by atomic mass is 10.2. The molecular formula is C11H20N4O. The lowest BCUT2D eigenvalue weighted by molar-refractivity contribution is 0.198. The van der Waals surface area contributed by atoms with Gasteiger partial charge in [0.1, 0.15) is 12.2 Å². The molecule has 5 nitrogen and oxygen atoms in total. The Hall–Kier alpha value is -0.940. The summed E-state index contributed by atoms with van der Waals surface area (Å²) >= 11 is 0. The van der Waals surface area contributed by atoms with Crippen molar-refractivity contribution < 1.29 is 4.74 Å². The normalized spacial score (nSPS) is 17.1. The quantitative estimate of drug-likeness (QED) is 0.736. The van der Waals surface area contributed by atoms with Crippen LogP contribution in [0.3, 0.4) is 0 Å². The highest BCUT2D eigenvalue weighted by atomic mass is 16.5. The van der Waals surface area contributed by atoms with Gasteiger partial charge in [-0.2, -0.15) is 5.10 Å². The Morgan fingerprint density at radius 1 is 1.50 bits per heavy atom. The Morgan fingerprint density at radius 2 is 2.31 bits per heavy atom. The molecule has 0 atom stereocenters. The molecule has 0 bridgehead atoms. The van der Waals surface area contributed by atoms with Crippen molar-refractivity contribution >= 4 is 0 Å². The summed E-state index contributed by atoms with van der Waals surface area (Å²) in [6, 6.07) is 0.571. The van der Waals surface area contributed by atoms with E-state index in [9.17, 15) is 0 Å². The fourth-order valence-electron chi connectivity index (χ4n) is 2.23. The molecule has 0 amide bonds. The molecule has 90 valence electrons. The summed E-state index contributed by atoms with van der Waals surface area (Å²) in [6.45, 7) is 2.37. The van der Waals surface area contributed by atoms with Crippen molar-refractivity contribution in [2.75, 3.05) is 20.3 Å². The fourth-order valence-corrected chi connectivity index (χ4v) is 2.23. The third-order valence-corrected chi connectivity index (χ3v) is 3.08. The minimum atomic E-state index is 0.571. The van der Waals surface area contributed by atoms with E-state index in [4.69, 9.17) is 4.74 Å². The van der Waals surface area contributed by atoms with Crippen LogP contribution in [0.15, 0.2) is 6.33 Å². The summed E-state index contributed by atoms with van der Waals surface area (Å²) in [5, 5.41) is 7.64. The van der Waals surface area contributed by atoms with Crippen LogP contribution in [0.1, 0.15) is 37.5 Å². The topological polar surface area (TPSA) is 52.0 Å². The van der Waals surface area contributed by atoms with Crippen LogP contribution in [-0.4, -0.2) is 35.0 Å². The van der Waals surface area contributed by atoms with E-state index in [1.165, 1.54) is 25.7 Å². The van der Waals surface area contributed by atoms with E-state index in [1.807, 2.05) is 0 Å². The molecule has 5 heteroatoms. The van der Waals surface area contributed by atoms with E-state index in [0.717, 1.165) is 25.5 Å². The largest absolute Gasteiger partial charge is 0.383 e. The molecule has 1 aliphatic rings. The van der Waals surface area contributed by atoms with Gasteiger partial charge in [0.25, 0.3) is 0 Å². The molecule has 1 heterocycles. The number of hydrogen-bond acceptors (Lipinski definition) is 4. The molecule has 0 radical (unpaired) electrons. The van der Waals surface area contributed by atoms with Crippen LogP contribution in [-0.2, 0) is 11.3 Å². The van der Waals surface area contributed by atoms with Gasteiger partial charge in [0.15, 0.2) is 0 Å². The highest BCUT2D eigenvalue weighted by Gasteiger charge is 2.19. The molecule has 1 aliphatic carbocycles. The van der Waals surface area contributed by atoms with E-state index < -0.39 is 0 Å². The van der Waals surface area contributed by atoms with Crippen molar-refractivity contribution in [3.63, 3.8) is 0 Å². The van der Waals surface area contributed by atoms with Gasteiger partial charge in [-0.15, -0.1) is 0 Å². The first-order valence-corrected chi connectivity index (χ1v) is 6.00. The van der Waals surface area contributed by atoms with Crippen molar-refractivity contribution in [1.29, 1.82) is 0 Å². The highest BCUT2D eigenvalue weighted by Crippen LogP contribution is 2.29. The molecule has 2 rings (SSSR count). The van der Waals surface area contributed by atoms with Crippen LogP contribution < -0.4 is 5.32 Å². The first kappa shape index (κ1) is 11.5. The SMILES string of the molecule is COCCNCc1ncnn1C1CCCC1. The van der Waals surface area contributed by atoms with Gasteiger partial charge in [0.2, 0.25) is 0 Å². The van der Waals surface area contributed by atoms with Crippen molar-refractivity contribution in [2.24, 2.45) is 0 Å². The van der Waals surface area contributed by atoms with E-state index in [0.29, 0.717) is 6.04 Å². The Bertz CT molecular complexity index is 307. The third kappa shape index (κ3) is 2.80. The van der Waals surface area contributed by atoms with Gasteiger partial charge in [0.05, 0.1) is 19.2 Å². The Labute approximate surface area is 96.2 Å². The number of ether oxygens (including phenoxy) is 1. The van der Waals surface area contributed by atoms with Crippen molar-refractivity contribution in [1.82, 2.24) is 20.1 Å². The monoisotopic (exact) mass is 224 g/mol. The van der Waals surface area contributed by atoms with Crippen molar-refractivity contribution in [2.45, 2.75) is 38.3 Å². The third-order valence-electron chi connectivity index (χ3n) is 3.08. The molecule has 1 N–H and O–H groups in total. The average molecular weight is 224 g/mol. The number of nitrogens with one attached hydrogen (secondary N) is 1. The molecule has 0 saturated heterocycles. The molecule has 0 unspecified atom stereocenters. The van der Waals surface area contributed by atoms with Crippen molar-refractivity contribution in [3.05, 3.63) is 12.2 Å². The summed E-state index contributed by atoms with van der Waals surface area (Å²) in [6.07, 6.45) is 6.79. The minimum absolute atomic E-state index is 0.571. The first-order valence-electron chi connectivity index (χ1n) is 6.00. The molecule has 0 spiro atoms. The van der Waals surface area contributed by atoms with Crippen molar-refractivity contribution in [3.8, 4) is 0 Å². The van der Waals surface area contributed by atoms with Crippen LogP contribution in [0.5, 0.6) is 0 Å².